The van der Waals surface area contributed by atoms with Crippen molar-refractivity contribution in [2.75, 3.05) is 13.2 Å². The van der Waals surface area contributed by atoms with Crippen molar-refractivity contribution < 1.29 is 9.47 Å². The second kappa shape index (κ2) is 6.41. The van der Waals surface area contributed by atoms with E-state index in [0.29, 0.717) is 5.41 Å². The topological polar surface area (TPSA) is 18.5 Å². The Morgan fingerprint density at radius 3 is 2.42 bits per heavy atom. The van der Waals surface area contributed by atoms with E-state index in [2.05, 4.69) is 26.8 Å². The van der Waals surface area contributed by atoms with Gasteiger partial charge in [0.25, 0.3) is 0 Å². The minimum absolute atomic E-state index is 0.250. The molecule has 110 valence electrons. The van der Waals surface area contributed by atoms with Gasteiger partial charge in [0.05, 0.1) is 13.2 Å². The molecule has 2 heteroatoms. The molecule has 0 aromatic heterocycles. The highest BCUT2D eigenvalue weighted by molar-refractivity contribution is 4.95. The van der Waals surface area contributed by atoms with Gasteiger partial charge in [-0.1, -0.05) is 31.4 Å². The molecule has 0 bridgehead atoms. The van der Waals surface area contributed by atoms with Crippen LogP contribution in [0.2, 0.25) is 0 Å². The summed E-state index contributed by atoms with van der Waals surface area (Å²) in [5, 5.41) is 0. The Kier molecular flexibility index (Phi) is 5.08. The van der Waals surface area contributed by atoms with Gasteiger partial charge in [-0.05, 0) is 44.9 Å². The van der Waals surface area contributed by atoms with Gasteiger partial charge in [0.1, 0.15) is 0 Å². The molecule has 0 radical (unpaired) electrons. The molecular formula is C17H30O2. The fourth-order valence-electron chi connectivity index (χ4n) is 3.62. The number of rotatable bonds is 3. The van der Waals surface area contributed by atoms with E-state index in [4.69, 9.17) is 9.47 Å². The summed E-state index contributed by atoms with van der Waals surface area (Å²) in [4.78, 5) is 0. The number of ether oxygens (including phenoxy) is 2. The van der Waals surface area contributed by atoms with E-state index in [1.165, 1.54) is 44.1 Å². The lowest BCUT2D eigenvalue weighted by molar-refractivity contribution is -0.189. The van der Waals surface area contributed by atoms with Crippen LogP contribution in [0.4, 0.5) is 0 Å². The quantitative estimate of drug-likeness (QED) is 0.681. The highest BCUT2D eigenvalue weighted by Crippen LogP contribution is 2.45. The van der Waals surface area contributed by atoms with Crippen LogP contribution in [0, 0.1) is 5.41 Å². The van der Waals surface area contributed by atoms with Gasteiger partial charge in [-0.15, -0.1) is 0 Å². The molecule has 0 aromatic carbocycles. The smallest absolute Gasteiger partial charge is 0.169 e. The molecular weight excluding hydrogens is 236 g/mol. The first-order valence-corrected chi connectivity index (χ1v) is 7.95. The summed E-state index contributed by atoms with van der Waals surface area (Å²) in [5.41, 5.74) is 1.80. The van der Waals surface area contributed by atoms with Crippen LogP contribution in [-0.2, 0) is 9.47 Å². The maximum atomic E-state index is 6.00. The van der Waals surface area contributed by atoms with Crippen LogP contribution in [0.1, 0.15) is 72.1 Å². The summed E-state index contributed by atoms with van der Waals surface area (Å²) in [6, 6.07) is 0. The summed E-state index contributed by atoms with van der Waals surface area (Å²) >= 11 is 0. The monoisotopic (exact) mass is 266 g/mol. The zero-order valence-corrected chi connectivity index (χ0v) is 13.0. The van der Waals surface area contributed by atoms with E-state index in [1.807, 2.05) is 0 Å². The molecule has 2 nitrogen and oxygen atoms in total. The van der Waals surface area contributed by atoms with Crippen molar-refractivity contribution in [1.29, 1.82) is 0 Å². The fourth-order valence-corrected chi connectivity index (χ4v) is 3.62. The van der Waals surface area contributed by atoms with Crippen molar-refractivity contribution in [2.24, 2.45) is 5.41 Å². The SMILES string of the molecule is CC(C)=CCCC1(C)CCCCCC2(C1)OCCO2. The molecule has 1 saturated carbocycles. The third kappa shape index (κ3) is 4.32. The Bertz CT molecular complexity index is 311. The Balaban J connectivity index is 2.00. The van der Waals surface area contributed by atoms with E-state index in [0.717, 1.165) is 26.1 Å². The Labute approximate surface area is 118 Å². The Hall–Kier alpha value is -0.340. The van der Waals surface area contributed by atoms with Crippen LogP contribution >= 0.6 is 0 Å². The largest absolute Gasteiger partial charge is 0.348 e. The molecule has 0 amide bonds. The molecule has 1 atom stereocenters. The normalized spacial score (nSPS) is 30.9. The molecule has 1 aliphatic heterocycles. The molecule has 2 fully saturated rings. The van der Waals surface area contributed by atoms with Crippen LogP contribution in [0.5, 0.6) is 0 Å². The van der Waals surface area contributed by atoms with Gasteiger partial charge in [0.2, 0.25) is 0 Å². The predicted octanol–water partition coefficient (Wildman–Crippen LogP) is 4.84. The van der Waals surface area contributed by atoms with Crippen molar-refractivity contribution in [3.05, 3.63) is 11.6 Å². The van der Waals surface area contributed by atoms with Crippen LogP contribution < -0.4 is 0 Å². The van der Waals surface area contributed by atoms with E-state index >= 15 is 0 Å². The van der Waals surface area contributed by atoms with Crippen LogP contribution in [0.3, 0.4) is 0 Å². The number of allylic oxidation sites excluding steroid dienone is 2. The molecule has 2 rings (SSSR count). The number of hydrogen-bond donors (Lipinski definition) is 0. The molecule has 1 spiro atoms. The van der Waals surface area contributed by atoms with Gasteiger partial charge in [0.15, 0.2) is 5.79 Å². The third-order valence-electron chi connectivity index (χ3n) is 4.65. The fraction of sp³-hybridized carbons (Fsp3) is 0.882. The highest BCUT2D eigenvalue weighted by Gasteiger charge is 2.43. The predicted molar refractivity (Wildman–Crippen MR) is 79.1 cm³/mol. The second-order valence-corrected chi connectivity index (χ2v) is 6.98. The zero-order valence-electron chi connectivity index (χ0n) is 13.0. The molecule has 0 N–H and O–H groups in total. The summed E-state index contributed by atoms with van der Waals surface area (Å²) in [6.45, 7) is 8.37. The van der Waals surface area contributed by atoms with E-state index in [9.17, 15) is 0 Å². The third-order valence-corrected chi connectivity index (χ3v) is 4.65. The van der Waals surface area contributed by atoms with Gasteiger partial charge in [-0.25, -0.2) is 0 Å². The Morgan fingerprint density at radius 2 is 1.74 bits per heavy atom. The molecule has 1 unspecified atom stereocenters. The maximum Gasteiger partial charge on any atom is 0.169 e. The van der Waals surface area contributed by atoms with Gasteiger partial charge in [-0.3, -0.25) is 0 Å². The average Bonchev–Trinajstić information content (AvgIpc) is 2.75. The molecule has 1 aliphatic carbocycles. The van der Waals surface area contributed by atoms with Gasteiger partial charge in [0, 0.05) is 12.8 Å². The van der Waals surface area contributed by atoms with Gasteiger partial charge < -0.3 is 9.47 Å². The van der Waals surface area contributed by atoms with E-state index in [1.54, 1.807) is 0 Å². The first kappa shape index (κ1) is 15.1. The lowest BCUT2D eigenvalue weighted by Gasteiger charge is -2.40. The maximum absolute atomic E-state index is 6.00. The average molecular weight is 266 g/mol. The van der Waals surface area contributed by atoms with Crippen LogP contribution in [0.15, 0.2) is 11.6 Å². The first-order chi connectivity index (χ1) is 9.04. The van der Waals surface area contributed by atoms with Crippen LogP contribution in [0.25, 0.3) is 0 Å². The lowest BCUT2D eigenvalue weighted by Crippen LogP contribution is -2.38. The van der Waals surface area contributed by atoms with E-state index < -0.39 is 0 Å². The summed E-state index contributed by atoms with van der Waals surface area (Å²) in [7, 11) is 0. The van der Waals surface area contributed by atoms with Crippen molar-refractivity contribution in [3.63, 3.8) is 0 Å². The van der Waals surface area contributed by atoms with Crippen molar-refractivity contribution in [2.45, 2.75) is 77.9 Å². The molecule has 19 heavy (non-hydrogen) atoms. The standard InChI is InChI=1S/C17H30O2/c1-15(2)8-7-10-16(3)9-5-4-6-11-17(14-16)18-12-13-19-17/h8H,4-7,9-14H2,1-3H3. The Morgan fingerprint density at radius 1 is 1.05 bits per heavy atom. The second-order valence-electron chi connectivity index (χ2n) is 6.98. The minimum atomic E-state index is -0.250. The summed E-state index contributed by atoms with van der Waals surface area (Å²) in [5.74, 6) is -0.250. The number of hydrogen-bond acceptors (Lipinski definition) is 2. The summed E-state index contributed by atoms with van der Waals surface area (Å²) in [6.07, 6.45) is 12.2. The molecule has 1 saturated heterocycles. The zero-order chi connectivity index (χ0) is 13.8. The van der Waals surface area contributed by atoms with Crippen molar-refractivity contribution >= 4 is 0 Å². The minimum Gasteiger partial charge on any atom is -0.348 e. The summed E-state index contributed by atoms with van der Waals surface area (Å²) < 4.78 is 12.0. The van der Waals surface area contributed by atoms with E-state index in [-0.39, 0.29) is 5.79 Å². The molecule has 1 heterocycles. The molecule has 2 aliphatic rings. The molecule has 0 aromatic rings. The van der Waals surface area contributed by atoms with Crippen molar-refractivity contribution in [1.82, 2.24) is 0 Å². The lowest BCUT2D eigenvalue weighted by atomic mass is 9.72. The first-order valence-electron chi connectivity index (χ1n) is 7.95. The van der Waals surface area contributed by atoms with Gasteiger partial charge in [-0.2, -0.15) is 0 Å². The van der Waals surface area contributed by atoms with Gasteiger partial charge >= 0.3 is 0 Å². The van der Waals surface area contributed by atoms with Crippen LogP contribution in [-0.4, -0.2) is 19.0 Å². The highest BCUT2D eigenvalue weighted by atomic mass is 16.7. The van der Waals surface area contributed by atoms with Crippen molar-refractivity contribution in [3.8, 4) is 0 Å².